The van der Waals surface area contributed by atoms with E-state index in [1.807, 2.05) is 0 Å². The number of alkyl halides is 3. The Labute approximate surface area is 216 Å². The molecule has 3 aromatic rings. The normalized spacial score (nSPS) is 13.5. The fraction of sp³-hybridized carbons (Fsp3) is 0.370. The fourth-order valence-corrected chi connectivity index (χ4v) is 3.39. The highest BCUT2D eigenvalue weighted by Gasteiger charge is 2.40. The Morgan fingerprint density at radius 1 is 1.03 bits per heavy atom. The minimum atomic E-state index is -5.05. The average molecular weight is 536 g/mol. The van der Waals surface area contributed by atoms with Crippen LogP contribution in [0.4, 0.5) is 18.0 Å². The van der Waals surface area contributed by atoms with Gasteiger partial charge in [0.25, 0.3) is 5.76 Å². The Balaban J connectivity index is 1.95. The molecule has 204 valence electrons. The summed E-state index contributed by atoms with van der Waals surface area (Å²) >= 11 is 0. The molecule has 0 fully saturated rings. The van der Waals surface area contributed by atoms with Crippen LogP contribution in [-0.4, -0.2) is 23.7 Å². The first-order valence-electron chi connectivity index (χ1n) is 11.8. The molecular formula is C27H28F3NO7. The van der Waals surface area contributed by atoms with E-state index in [1.165, 1.54) is 36.4 Å². The number of esters is 1. The summed E-state index contributed by atoms with van der Waals surface area (Å²) in [5.74, 6) is -4.04. The zero-order chi connectivity index (χ0) is 28.3. The summed E-state index contributed by atoms with van der Waals surface area (Å²) in [6.45, 7) is 8.51. The lowest BCUT2D eigenvalue weighted by atomic mass is 9.99. The summed E-state index contributed by atoms with van der Waals surface area (Å²) < 4.78 is 62.2. The van der Waals surface area contributed by atoms with E-state index in [2.05, 4.69) is 5.32 Å². The summed E-state index contributed by atoms with van der Waals surface area (Å²) in [6.07, 6.45) is -5.38. The summed E-state index contributed by atoms with van der Waals surface area (Å²) in [6, 6.07) is 9.79. The van der Waals surface area contributed by atoms with Crippen molar-refractivity contribution in [2.24, 2.45) is 5.92 Å². The zero-order valence-electron chi connectivity index (χ0n) is 21.5. The van der Waals surface area contributed by atoms with E-state index in [9.17, 15) is 27.6 Å². The SMILES string of the molecule is CC[C@@H](C)[C@H](NC(=O)OC(C)(C)C)C(=O)Oc1ccc2c(=O)c(Oc3ccccc3)c(C(F)(F)F)oc2c1. The molecule has 2 aromatic carbocycles. The largest absolute Gasteiger partial charge is 0.453 e. The number of nitrogens with one attached hydrogen (secondary N) is 1. The smallest absolute Gasteiger partial charge is 0.449 e. The van der Waals surface area contributed by atoms with Gasteiger partial charge in [-0.3, -0.25) is 4.79 Å². The molecular weight excluding hydrogens is 507 g/mol. The van der Waals surface area contributed by atoms with Crippen molar-refractivity contribution in [1.29, 1.82) is 0 Å². The number of hydrogen-bond acceptors (Lipinski definition) is 7. The molecule has 8 nitrogen and oxygen atoms in total. The van der Waals surface area contributed by atoms with Gasteiger partial charge in [-0.2, -0.15) is 13.2 Å². The van der Waals surface area contributed by atoms with E-state index >= 15 is 0 Å². The van der Waals surface area contributed by atoms with Gasteiger partial charge in [-0.15, -0.1) is 0 Å². The van der Waals surface area contributed by atoms with Crippen molar-refractivity contribution in [3.8, 4) is 17.2 Å². The van der Waals surface area contributed by atoms with Crippen LogP contribution in [0.3, 0.4) is 0 Å². The number of alkyl carbamates (subject to hydrolysis) is 1. The van der Waals surface area contributed by atoms with Crippen LogP contribution in [0.5, 0.6) is 17.2 Å². The number of carbonyl (C=O) groups excluding carboxylic acids is 2. The lowest BCUT2D eigenvalue weighted by Crippen LogP contribution is -2.48. The maximum atomic E-state index is 13.8. The molecule has 38 heavy (non-hydrogen) atoms. The fourth-order valence-electron chi connectivity index (χ4n) is 3.39. The molecule has 1 amide bonds. The molecule has 1 N–H and O–H groups in total. The summed E-state index contributed by atoms with van der Waals surface area (Å²) in [5.41, 5.74) is -2.32. The molecule has 0 unspecified atom stereocenters. The summed E-state index contributed by atoms with van der Waals surface area (Å²) in [7, 11) is 0. The standard InChI is InChI=1S/C27H28F3NO7/c1-6-15(2)20(31-25(34)38-26(3,4)5)24(33)36-17-12-13-18-19(14-17)37-23(27(28,29)30)22(21(18)32)35-16-10-8-7-9-11-16/h7-15,20H,6H2,1-5H3,(H,31,34)/t15-,20+/m1/s1. The second kappa shape index (κ2) is 11.2. The van der Waals surface area contributed by atoms with E-state index in [0.29, 0.717) is 6.42 Å². The number of rotatable bonds is 7. The molecule has 0 aliphatic heterocycles. The lowest BCUT2D eigenvalue weighted by Gasteiger charge is -2.25. The number of carbonyl (C=O) groups is 2. The monoisotopic (exact) mass is 535 g/mol. The first-order valence-corrected chi connectivity index (χ1v) is 11.8. The van der Waals surface area contributed by atoms with Gasteiger partial charge >= 0.3 is 18.2 Å². The van der Waals surface area contributed by atoms with Gasteiger partial charge in [-0.25, -0.2) is 9.59 Å². The Kier molecular flexibility index (Phi) is 8.38. The third kappa shape index (κ3) is 7.05. The van der Waals surface area contributed by atoms with Gasteiger partial charge in [0.1, 0.15) is 28.7 Å². The van der Waals surface area contributed by atoms with Gasteiger partial charge in [-0.05, 0) is 51.0 Å². The predicted molar refractivity (Wildman–Crippen MR) is 132 cm³/mol. The third-order valence-electron chi connectivity index (χ3n) is 5.40. The van der Waals surface area contributed by atoms with E-state index in [4.69, 9.17) is 18.6 Å². The molecule has 1 aromatic heterocycles. The number of ether oxygens (including phenoxy) is 3. The van der Waals surface area contributed by atoms with Gasteiger partial charge in [-0.1, -0.05) is 38.5 Å². The van der Waals surface area contributed by atoms with Gasteiger partial charge in [0.15, 0.2) is 0 Å². The summed E-state index contributed by atoms with van der Waals surface area (Å²) in [5, 5.41) is 2.26. The third-order valence-corrected chi connectivity index (χ3v) is 5.40. The van der Waals surface area contributed by atoms with Crippen LogP contribution >= 0.6 is 0 Å². The van der Waals surface area contributed by atoms with Crippen LogP contribution in [0.2, 0.25) is 0 Å². The van der Waals surface area contributed by atoms with Crippen LogP contribution in [0.25, 0.3) is 11.0 Å². The Morgan fingerprint density at radius 3 is 2.26 bits per heavy atom. The predicted octanol–water partition coefficient (Wildman–Crippen LogP) is 6.45. The molecule has 0 bridgehead atoms. The minimum absolute atomic E-state index is 0.0174. The average Bonchev–Trinajstić information content (AvgIpc) is 2.82. The molecule has 0 radical (unpaired) electrons. The van der Waals surface area contributed by atoms with Crippen LogP contribution < -0.4 is 20.2 Å². The van der Waals surface area contributed by atoms with Crippen molar-refractivity contribution >= 4 is 23.0 Å². The molecule has 0 spiro atoms. The van der Waals surface area contributed by atoms with Crippen LogP contribution in [0, 0.1) is 5.92 Å². The van der Waals surface area contributed by atoms with Crippen LogP contribution in [0.15, 0.2) is 57.7 Å². The van der Waals surface area contributed by atoms with Crippen molar-refractivity contribution in [3.05, 3.63) is 64.5 Å². The number of halogens is 3. The van der Waals surface area contributed by atoms with E-state index in [-0.39, 0.29) is 22.8 Å². The first-order chi connectivity index (χ1) is 17.7. The Hall–Kier alpha value is -4.02. The number of fused-ring (bicyclic) bond motifs is 1. The first kappa shape index (κ1) is 28.5. The second-order valence-electron chi connectivity index (χ2n) is 9.59. The van der Waals surface area contributed by atoms with Gasteiger partial charge < -0.3 is 23.9 Å². The molecule has 1 heterocycles. The molecule has 0 saturated heterocycles. The van der Waals surface area contributed by atoms with Crippen LogP contribution in [-0.2, 0) is 15.7 Å². The minimum Gasteiger partial charge on any atom is -0.449 e. The van der Waals surface area contributed by atoms with Gasteiger partial charge in [0.05, 0.1) is 5.39 Å². The van der Waals surface area contributed by atoms with Crippen molar-refractivity contribution in [1.82, 2.24) is 5.32 Å². The molecule has 11 heteroatoms. The van der Waals surface area contributed by atoms with Crippen molar-refractivity contribution < 1.29 is 41.4 Å². The topological polar surface area (TPSA) is 104 Å². The van der Waals surface area contributed by atoms with Crippen molar-refractivity contribution in [2.45, 2.75) is 58.9 Å². The Morgan fingerprint density at radius 2 is 1.68 bits per heavy atom. The Bertz CT molecular complexity index is 1360. The highest BCUT2D eigenvalue weighted by molar-refractivity contribution is 5.85. The number of hydrogen-bond donors (Lipinski definition) is 1. The number of amides is 1. The highest BCUT2D eigenvalue weighted by Crippen LogP contribution is 2.38. The molecule has 2 atom stereocenters. The molecule has 0 aliphatic rings. The quantitative estimate of drug-likeness (QED) is 0.274. The van der Waals surface area contributed by atoms with Crippen molar-refractivity contribution in [2.75, 3.05) is 0 Å². The van der Waals surface area contributed by atoms with Crippen LogP contribution in [0.1, 0.15) is 46.8 Å². The molecule has 3 rings (SSSR count). The van der Waals surface area contributed by atoms with E-state index < -0.39 is 52.4 Å². The molecule has 0 saturated carbocycles. The number of para-hydroxylation sites is 1. The number of benzene rings is 2. The lowest BCUT2D eigenvalue weighted by molar-refractivity contribution is -0.154. The molecule has 0 aliphatic carbocycles. The van der Waals surface area contributed by atoms with Crippen molar-refractivity contribution in [3.63, 3.8) is 0 Å². The van der Waals surface area contributed by atoms with Gasteiger partial charge in [0.2, 0.25) is 11.2 Å². The summed E-state index contributed by atoms with van der Waals surface area (Å²) in [4.78, 5) is 38.1. The van der Waals surface area contributed by atoms with E-state index in [0.717, 1.165) is 6.07 Å². The maximum absolute atomic E-state index is 13.8. The highest BCUT2D eigenvalue weighted by atomic mass is 19.4. The van der Waals surface area contributed by atoms with Gasteiger partial charge in [0, 0.05) is 6.07 Å². The zero-order valence-corrected chi connectivity index (χ0v) is 21.5. The maximum Gasteiger partial charge on any atom is 0.453 e. The van der Waals surface area contributed by atoms with E-state index in [1.54, 1.807) is 40.7 Å². The second-order valence-corrected chi connectivity index (χ2v) is 9.59.